The minimum absolute atomic E-state index is 0.0531. The number of aryl methyl sites for hydroxylation is 1. The second kappa shape index (κ2) is 8.43. The van der Waals surface area contributed by atoms with Crippen LogP contribution in [0.15, 0.2) is 82.0 Å². The summed E-state index contributed by atoms with van der Waals surface area (Å²) in [7, 11) is 0. The van der Waals surface area contributed by atoms with Crippen molar-refractivity contribution in [2.75, 3.05) is 11.9 Å². The van der Waals surface area contributed by atoms with Gasteiger partial charge in [-0.05, 0) is 48.9 Å². The number of rotatable bonds is 5. The zero-order valence-electron chi connectivity index (χ0n) is 16.1. The number of hydrogen-bond acceptors (Lipinski definition) is 4. The van der Waals surface area contributed by atoms with Crippen molar-refractivity contribution >= 4 is 34.2 Å². The molecular formula is C24H18ClNO4. The minimum Gasteiger partial charge on any atom is -0.476 e. The molecular weight excluding hydrogens is 402 g/mol. The molecule has 6 heteroatoms. The maximum atomic E-state index is 13.2. The van der Waals surface area contributed by atoms with Gasteiger partial charge in [0.2, 0.25) is 11.2 Å². The van der Waals surface area contributed by atoms with E-state index < -0.39 is 5.91 Å². The van der Waals surface area contributed by atoms with Gasteiger partial charge >= 0.3 is 0 Å². The quantitative estimate of drug-likeness (QED) is 0.467. The number of carbonyl (C=O) groups excluding carboxylic acids is 1. The average Bonchev–Trinajstić information content (AvgIpc) is 2.74. The van der Waals surface area contributed by atoms with Gasteiger partial charge in [0, 0.05) is 11.3 Å². The van der Waals surface area contributed by atoms with Crippen molar-refractivity contribution < 1.29 is 13.9 Å². The number of carbonyl (C=O) groups is 1. The molecule has 3 aromatic carbocycles. The van der Waals surface area contributed by atoms with Gasteiger partial charge in [0.1, 0.15) is 5.58 Å². The Bertz CT molecular complexity index is 1280. The highest BCUT2D eigenvalue weighted by atomic mass is 35.5. The third kappa shape index (κ3) is 4.07. The standard InChI is InChI=1S/C24H18ClNO4/c1-15-11-12-18-20(13-15)30-23(17-9-5-6-10-19(17)25)24(22(18)28)29-14-21(27)26-16-7-3-2-4-8-16/h2-13H,14H2,1H3,(H,26,27). The van der Waals surface area contributed by atoms with Gasteiger partial charge in [0.05, 0.1) is 10.4 Å². The zero-order valence-corrected chi connectivity index (χ0v) is 16.9. The van der Waals surface area contributed by atoms with Crippen LogP contribution in [0.5, 0.6) is 5.75 Å². The van der Waals surface area contributed by atoms with Crippen LogP contribution in [-0.2, 0) is 4.79 Å². The molecule has 0 radical (unpaired) electrons. The summed E-state index contributed by atoms with van der Waals surface area (Å²) >= 11 is 6.34. The van der Waals surface area contributed by atoms with Crippen molar-refractivity contribution in [3.8, 4) is 17.1 Å². The van der Waals surface area contributed by atoms with E-state index in [9.17, 15) is 9.59 Å². The Kier molecular flexibility index (Phi) is 5.55. The number of anilines is 1. The Morgan fingerprint density at radius 3 is 2.53 bits per heavy atom. The van der Waals surface area contributed by atoms with Gasteiger partial charge in [-0.1, -0.05) is 48.0 Å². The molecule has 0 aliphatic heterocycles. The fourth-order valence-electron chi connectivity index (χ4n) is 3.09. The molecule has 1 N–H and O–H groups in total. The lowest BCUT2D eigenvalue weighted by atomic mass is 10.1. The Hall–Kier alpha value is -3.57. The lowest BCUT2D eigenvalue weighted by molar-refractivity contribution is -0.118. The second-order valence-corrected chi connectivity index (χ2v) is 7.18. The second-order valence-electron chi connectivity index (χ2n) is 6.77. The Labute approximate surface area is 177 Å². The predicted octanol–water partition coefficient (Wildman–Crippen LogP) is 5.44. The van der Waals surface area contributed by atoms with Crippen molar-refractivity contribution in [2.24, 2.45) is 0 Å². The third-order valence-corrected chi connectivity index (χ3v) is 4.86. The molecule has 30 heavy (non-hydrogen) atoms. The van der Waals surface area contributed by atoms with Gasteiger partial charge in [-0.15, -0.1) is 0 Å². The van der Waals surface area contributed by atoms with E-state index in [-0.39, 0.29) is 23.5 Å². The first-order chi connectivity index (χ1) is 14.5. The summed E-state index contributed by atoms with van der Waals surface area (Å²) in [6.45, 7) is 1.56. The van der Waals surface area contributed by atoms with Gasteiger partial charge in [-0.25, -0.2) is 0 Å². The van der Waals surface area contributed by atoms with Crippen LogP contribution in [0.4, 0.5) is 5.69 Å². The van der Waals surface area contributed by atoms with Crippen molar-refractivity contribution in [1.29, 1.82) is 0 Å². The lowest BCUT2D eigenvalue weighted by Gasteiger charge is -2.13. The van der Waals surface area contributed by atoms with E-state index >= 15 is 0 Å². The van der Waals surface area contributed by atoms with Crippen LogP contribution in [0.2, 0.25) is 5.02 Å². The smallest absolute Gasteiger partial charge is 0.262 e. The van der Waals surface area contributed by atoms with E-state index in [4.69, 9.17) is 20.8 Å². The molecule has 5 nitrogen and oxygen atoms in total. The van der Waals surface area contributed by atoms with Gasteiger partial charge in [0.25, 0.3) is 5.91 Å². The highest BCUT2D eigenvalue weighted by Gasteiger charge is 2.20. The van der Waals surface area contributed by atoms with E-state index in [0.29, 0.717) is 27.2 Å². The lowest BCUT2D eigenvalue weighted by Crippen LogP contribution is -2.22. The molecule has 150 valence electrons. The van der Waals surface area contributed by atoms with E-state index in [0.717, 1.165) is 5.56 Å². The zero-order chi connectivity index (χ0) is 21.1. The molecule has 1 aromatic heterocycles. The number of amides is 1. The third-order valence-electron chi connectivity index (χ3n) is 4.53. The molecule has 4 aromatic rings. The molecule has 0 aliphatic rings. The first-order valence-electron chi connectivity index (χ1n) is 9.33. The van der Waals surface area contributed by atoms with Crippen LogP contribution in [-0.4, -0.2) is 12.5 Å². The maximum absolute atomic E-state index is 13.2. The largest absolute Gasteiger partial charge is 0.476 e. The highest BCUT2D eigenvalue weighted by molar-refractivity contribution is 6.33. The number of nitrogens with one attached hydrogen (secondary N) is 1. The first kappa shape index (κ1) is 19.7. The Morgan fingerprint density at radius 2 is 1.77 bits per heavy atom. The number of para-hydroxylation sites is 1. The van der Waals surface area contributed by atoms with Crippen LogP contribution in [0.3, 0.4) is 0 Å². The summed E-state index contributed by atoms with van der Waals surface area (Å²) < 4.78 is 11.7. The number of fused-ring (bicyclic) bond motifs is 1. The Balaban J connectivity index is 1.74. The topological polar surface area (TPSA) is 68.5 Å². The molecule has 0 saturated heterocycles. The van der Waals surface area contributed by atoms with Crippen molar-refractivity contribution in [1.82, 2.24) is 0 Å². The van der Waals surface area contributed by atoms with Crippen LogP contribution in [0.25, 0.3) is 22.3 Å². The van der Waals surface area contributed by atoms with E-state index in [1.54, 1.807) is 48.5 Å². The molecule has 4 rings (SSSR count). The molecule has 0 atom stereocenters. The number of benzene rings is 3. The fraction of sp³-hybridized carbons (Fsp3) is 0.0833. The van der Waals surface area contributed by atoms with E-state index in [1.165, 1.54) is 0 Å². The normalized spacial score (nSPS) is 10.7. The molecule has 0 bridgehead atoms. The van der Waals surface area contributed by atoms with Gasteiger partial charge in [-0.3, -0.25) is 9.59 Å². The summed E-state index contributed by atoms with van der Waals surface area (Å²) in [6.07, 6.45) is 0. The van der Waals surface area contributed by atoms with Crippen molar-refractivity contribution in [2.45, 2.75) is 6.92 Å². The van der Waals surface area contributed by atoms with Gasteiger partial charge < -0.3 is 14.5 Å². The van der Waals surface area contributed by atoms with Gasteiger partial charge in [-0.2, -0.15) is 0 Å². The molecule has 0 saturated carbocycles. The predicted molar refractivity (Wildman–Crippen MR) is 118 cm³/mol. The first-order valence-corrected chi connectivity index (χ1v) is 9.71. The molecule has 0 aliphatic carbocycles. The fourth-order valence-corrected chi connectivity index (χ4v) is 3.31. The average molecular weight is 420 g/mol. The summed E-state index contributed by atoms with van der Waals surface area (Å²) in [6, 6.07) is 21.3. The van der Waals surface area contributed by atoms with Crippen LogP contribution in [0.1, 0.15) is 5.56 Å². The van der Waals surface area contributed by atoms with Crippen LogP contribution < -0.4 is 15.5 Å². The number of hydrogen-bond donors (Lipinski definition) is 1. The molecule has 0 spiro atoms. The van der Waals surface area contributed by atoms with Gasteiger partial charge in [0.15, 0.2) is 12.4 Å². The number of halogens is 1. The number of ether oxygens (including phenoxy) is 1. The summed E-state index contributed by atoms with van der Waals surface area (Å²) in [4.78, 5) is 25.5. The highest BCUT2D eigenvalue weighted by Crippen LogP contribution is 2.35. The minimum atomic E-state index is -0.394. The summed E-state index contributed by atoms with van der Waals surface area (Å²) in [5.74, 6) is -0.256. The van der Waals surface area contributed by atoms with E-state index in [2.05, 4.69) is 5.32 Å². The van der Waals surface area contributed by atoms with Crippen LogP contribution >= 0.6 is 11.6 Å². The molecule has 0 fully saturated rings. The van der Waals surface area contributed by atoms with Crippen molar-refractivity contribution in [3.63, 3.8) is 0 Å². The van der Waals surface area contributed by atoms with E-state index in [1.807, 2.05) is 31.2 Å². The molecule has 0 unspecified atom stereocenters. The van der Waals surface area contributed by atoms with Crippen molar-refractivity contribution in [3.05, 3.63) is 93.6 Å². The summed E-state index contributed by atoms with van der Waals surface area (Å²) in [5.41, 5.74) is 2.16. The SMILES string of the molecule is Cc1ccc2c(=O)c(OCC(=O)Nc3ccccc3)c(-c3ccccc3Cl)oc2c1. The maximum Gasteiger partial charge on any atom is 0.262 e. The monoisotopic (exact) mass is 419 g/mol. The summed E-state index contributed by atoms with van der Waals surface area (Å²) in [5, 5.41) is 3.50. The van der Waals surface area contributed by atoms with Crippen LogP contribution in [0, 0.1) is 6.92 Å². The Morgan fingerprint density at radius 1 is 1.03 bits per heavy atom. The molecule has 1 amide bonds. The molecule has 1 heterocycles.